The van der Waals surface area contributed by atoms with Gasteiger partial charge in [-0.05, 0) is 36.0 Å². The molecule has 0 saturated heterocycles. The minimum Gasteiger partial charge on any atom is -0.374 e. The van der Waals surface area contributed by atoms with Crippen LogP contribution in [-0.2, 0) is 4.79 Å². The molecule has 2 aliphatic rings. The molecule has 2 saturated carbocycles. The summed E-state index contributed by atoms with van der Waals surface area (Å²) >= 11 is 2.73. The van der Waals surface area contributed by atoms with Crippen molar-refractivity contribution in [3.8, 4) is 0 Å². The largest absolute Gasteiger partial charge is 0.374 e. The molecule has 1 heterocycles. The average molecular weight is 326 g/mol. The fourth-order valence-corrected chi connectivity index (χ4v) is 5.51. The van der Waals surface area contributed by atoms with Gasteiger partial charge in [0.25, 0.3) is 0 Å². The second-order valence-corrected chi connectivity index (χ2v) is 9.16. The molecule has 0 aliphatic heterocycles. The Kier molecular flexibility index (Phi) is 3.68. The molecule has 116 valence electrons. The normalized spacial score (nSPS) is 33.3. The van der Waals surface area contributed by atoms with Crippen molar-refractivity contribution in [1.29, 1.82) is 0 Å². The van der Waals surface area contributed by atoms with Gasteiger partial charge < -0.3 is 11.1 Å². The number of nitrogens with two attached hydrogens (primary N) is 1. The van der Waals surface area contributed by atoms with E-state index in [-0.39, 0.29) is 11.3 Å². The fraction of sp³-hybridized carbons (Fsp3) is 0.786. The van der Waals surface area contributed by atoms with Crippen LogP contribution in [0.1, 0.15) is 40.0 Å². The number of thioether (sulfide) groups is 1. The third-order valence-electron chi connectivity index (χ3n) is 5.88. The molecule has 1 aromatic rings. The van der Waals surface area contributed by atoms with E-state index < -0.39 is 0 Å². The van der Waals surface area contributed by atoms with E-state index in [4.69, 9.17) is 5.73 Å². The van der Waals surface area contributed by atoms with Crippen LogP contribution in [0.4, 0.5) is 5.13 Å². The van der Waals surface area contributed by atoms with Crippen LogP contribution in [0.25, 0.3) is 0 Å². The van der Waals surface area contributed by atoms with Crippen LogP contribution in [0.3, 0.4) is 0 Å². The summed E-state index contributed by atoms with van der Waals surface area (Å²) in [5.74, 6) is 1.21. The summed E-state index contributed by atoms with van der Waals surface area (Å²) in [6.07, 6.45) is 3.63. The molecule has 2 bridgehead atoms. The molecule has 21 heavy (non-hydrogen) atoms. The number of fused-ring (bicyclic) bond motifs is 2. The molecule has 0 aromatic carbocycles. The molecule has 2 aliphatic carbocycles. The van der Waals surface area contributed by atoms with Crippen LogP contribution in [0, 0.1) is 16.7 Å². The first-order chi connectivity index (χ1) is 9.83. The van der Waals surface area contributed by atoms with Crippen LogP contribution in [0.5, 0.6) is 0 Å². The van der Waals surface area contributed by atoms with Crippen molar-refractivity contribution in [3.05, 3.63) is 0 Å². The van der Waals surface area contributed by atoms with Gasteiger partial charge in [0.05, 0.1) is 5.75 Å². The van der Waals surface area contributed by atoms with Crippen LogP contribution in [0.2, 0.25) is 0 Å². The first kappa shape index (κ1) is 15.1. The third-order valence-corrected chi connectivity index (χ3v) is 7.76. The number of anilines is 1. The lowest BCUT2D eigenvalue weighted by Crippen LogP contribution is -2.47. The van der Waals surface area contributed by atoms with Crippen LogP contribution < -0.4 is 11.1 Å². The van der Waals surface area contributed by atoms with Gasteiger partial charge in [-0.1, -0.05) is 43.9 Å². The van der Waals surface area contributed by atoms with Gasteiger partial charge in [0.2, 0.25) is 11.0 Å². The third kappa shape index (κ3) is 2.44. The highest BCUT2D eigenvalue weighted by atomic mass is 32.2. The Morgan fingerprint density at radius 1 is 1.48 bits per heavy atom. The Bertz CT molecular complexity index is 559. The molecule has 2 fully saturated rings. The maximum Gasteiger partial charge on any atom is 0.230 e. The Labute approximate surface area is 133 Å². The van der Waals surface area contributed by atoms with Gasteiger partial charge in [-0.2, -0.15) is 0 Å². The number of carbonyl (C=O) groups excluding carboxylic acids is 1. The zero-order chi connectivity index (χ0) is 15.3. The molecule has 0 unspecified atom stereocenters. The average Bonchev–Trinajstić information content (AvgIpc) is 2.98. The number of aromatic nitrogens is 2. The standard InChI is InChI=1S/C14H22N4OS2/c1-13(2)8-4-5-14(13,3)9(6-8)16-10(19)7-20-12-18-17-11(15)21-12/h8-9H,4-7H2,1-3H3,(H2,15,17)(H,16,19)/t8-,9-,14-/m0/s1. The first-order valence-corrected chi connectivity index (χ1v) is 9.14. The van der Waals surface area contributed by atoms with Gasteiger partial charge in [-0.3, -0.25) is 4.79 Å². The van der Waals surface area contributed by atoms with E-state index in [0.717, 1.165) is 16.7 Å². The molecule has 7 heteroatoms. The lowest BCUT2D eigenvalue weighted by atomic mass is 9.69. The summed E-state index contributed by atoms with van der Waals surface area (Å²) in [4.78, 5) is 12.2. The summed E-state index contributed by atoms with van der Waals surface area (Å²) in [6.45, 7) is 7.05. The second-order valence-electron chi connectivity index (χ2n) is 6.93. The van der Waals surface area contributed by atoms with E-state index in [1.807, 2.05) is 0 Å². The lowest BCUT2D eigenvalue weighted by molar-refractivity contribution is -0.120. The quantitative estimate of drug-likeness (QED) is 0.831. The number of nitrogens with zero attached hydrogens (tertiary/aromatic N) is 2. The summed E-state index contributed by atoms with van der Waals surface area (Å²) in [6, 6.07) is 0.304. The highest BCUT2D eigenvalue weighted by molar-refractivity contribution is 8.01. The van der Waals surface area contributed by atoms with Crippen LogP contribution in [0.15, 0.2) is 4.34 Å². The molecule has 1 amide bonds. The maximum absolute atomic E-state index is 12.2. The Morgan fingerprint density at radius 2 is 2.24 bits per heavy atom. The maximum atomic E-state index is 12.2. The van der Waals surface area contributed by atoms with Gasteiger partial charge in [0.15, 0.2) is 4.34 Å². The van der Waals surface area contributed by atoms with E-state index in [1.165, 1.54) is 35.9 Å². The fourth-order valence-electron chi connectivity index (χ4n) is 4.06. The molecule has 5 nitrogen and oxygen atoms in total. The lowest BCUT2D eigenvalue weighted by Gasteiger charge is -2.39. The van der Waals surface area contributed by atoms with Crippen molar-refractivity contribution in [2.75, 3.05) is 11.5 Å². The van der Waals surface area contributed by atoms with Gasteiger partial charge >= 0.3 is 0 Å². The van der Waals surface area contributed by atoms with Crippen molar-refractivity contribution < 1.29 is 4.79 Å². The molecule has 3 N–H and O–H groups in total. The van der Waals surface area contributed by atoms with Crippen molar-refractivity contribution >= 4 is 34.1 Å². The molecular formula is C14H22N4OS2. The Hall–Kier alpha value is -0.820. The van der Waals surface area contributed by atoms with Gasteiger partial charge in [-0.25, -0.2) is 0 Å². The molecule has 0 radical (unpaired) electrons. The topological polar surface area (TPSA) is 80.9 Å². The minimum atomic E-state index is 0.0864. The Morgan fingerprint density at radius 3 is 2.76 bits per heavy atom. The van der Waals surface area contributed by atoms with E-state index >= 15 is 0 Å². The summed E-state index contributed by atoms with van der Waals surface area (Å²) in [5, 5.41) is 11.4. The van der Waals surface area contributed by atoms with E-state index in [0.29, 0.717) is 22.3 Å². The SMILES string of the molecule is CC1(C)[C@H]2CC[C@@]1(C)[C@@H](NC(=O)CSc1nnc(N)s1)C2. The molecule has 1 aromatic heterocycles. The Balaban J connectivity index is 1.56. The van der Waals surface area contributed by atoms with E-state index in [9.17, 15) is 4.79 Å². The minimum absolute atomic E-state index is 0.0864. The van der Waals surface area contributed by atoms with Gasteiger partial charge in [0.1, 0.15) is 0 Å². The zero-order valence-electron chi connectivity index (χ0n) is 12.7. The van der Waals surface area contributed by atoms with Crippen LogP contribution >= 0.6 is 23.1 Å². The molecular weight excluding hydrogens is 304 g/mol. The number of amides is 1. The van der Waals surface area contributed by atoms with Crippen LogP contribution in [-0.4, -0.2) is 27.9 Å². The predicted molar refractivity (Wildman–Crippen MR) is 86.2 cm³/mol. The number of nitrogens with one attached hydrogen (secondary N) is 1. The summed E-state index contributed by atoms with van der Waals surface area (Å²) in [7, 11) is 0. The highest BCUT2D eigenvalue weighted by Gasteiger charge is 2.61. The van der Waals surface area contributed by atoms with Crippen molar-refractivity contribution in [1.82, 2.24) is 15.5 Å². The number of rotatable bonds is 4. The summed E-state index contributed by atoms with van der Waals surface area (Å²) < 4.78 is 0.752. The highest BCUT2D eigenvalue weighted by Crippen LogP contribution is 2.65. The predicted octanol–water partition coefficient (Wildman–Crippen LogP) is 2.54. The molecule has 0 spiro atoms. The number of carbonyl (C=O) groups is 1. The van der Waals surface area contributed by atoms with E-state index in [2.05, 4.69) is 36.3 Å². The first-order valence-electron chi connectivity index (χ1n) is 7.34. The zero-order valence-corrected chi connectivity index (χ0v) is 14.3. The van der Waals surface area contributed by atoms with E-state index in [1.54, 1.807) is 0 Å². The molecule has 3 atom stereocenters. The van der Waals surface area contributed by atoms with Gasteiger partial charge in [-0.15, -0.1) is 10.2 Å². The van der Waals surface area contributed by atoms with Crippen molar-refractivity contribution in [3.63, 3.8) is 0 Å². The number of hydrogen-bond donors (Lipinski definition) is 2. The monoisotopic (exact) mass is 326 g/mol. The number of hydrogen-bond acceptors (Lipinski definition) is 6. The molecule has 3 rings (SSSR count). The number of nitrogen functional groups attached to an aromatic ring is 1. The van der Waals surface area contributed by atoms with Crippen molar-refractivity contribution in [2.45, 2.75) is 50.4 Å². The van der Waals surface area contributed by atoms with Crippen molar-refractivity contribution in [2.24, 2.45) is 16.7 Å². The van der Waals surface area contributed by atoms with Gasteiger partial charge in [0, 0.05) is 6.04 Å². The summed E-state index contributed by atoms with van der Waals surface area (Å²) in [5.41, 5.74) is 6.09. The second kappa shape index (κ2) is 5.12. The smallest absolute Gasteiger partial charge is 0.230 e.